The maximum Gasteiger partial charge on any atom is 0.248 e. The molecule has 0 saturated heterocycles. The Hall–Kier alpha value is -1.82. The van der Waals surface area contributed by atoms with E-state index in [9.17, 15) is 14.4 Å². The van der Waals surface area contributed by atoms with E-state index in [0.29, 0.717) is 5.70 Å². The van der Waals surface area contributed by atoms with Crippen LogP contribution < -0.4 is 10.6 Å². The Morgan fingerprint density at radius 3 is 2.76 bits per heavy atom. The molecule has 5 nitrogen and oxygen atoms in total. The molecule has 114 valence electrons. The minimum atomic E-state index is -0.567. The number of carbonyl (C=O) groups excluding carboxylic acids is 3. The van der Waals surface area contributed by atoms with Gasteiger partial charge in [-0.15, -0.1) is 0 Å². The molecular formula is C15H20N2O3S. The summed E-state index contributed by atoms with van der Waals surface area (Å²) in [6.07, 6.45) is 6.96. The summed E-state index contributed by atoms with van der Waals surface area (Å²) in [6, 6.07) is -0.567. The van der Waals surface area contributed by atoms with Crippen LogP contribution in [0.1, 0.15) is 33.6 Å². The van der Waals surface area contributed by atoms with Gasteiger partial charge in [-0.2, -0.15) is 0 Å². The molecule has 2 N–H and O–H groups in total. The first-order valence-electron chi connectivity index (χ1n) is 6.79. The molecule has 0 aromatic heterocycles. The zero-order chi connectivity index (χ0) is 15.8. The van der Waals surface area contributed by atoms with E-state index in [1.165, 1.54) is 13.0 Å². The van der Waals surface area contributed by atoms with Crippen LogP contribution in [0.5, 0.6) is 0 Å². The van der Waals surface area contributed by atoms with E-state index in [1.807, 2.05) is 6.08 Å². The topological polar surface area (TPSA) is 75.3 Å². The monoisotopic (exact) mass is 308 g/mol. The normalized spacial score (nSPS) is 17.8. The highest BCUT2D eigenvalue weighted by molar-refractivity contribution is 8.16. The van der Waals surface area contributed by atoms with Crippen LogP contribution in [0.15, 0.2) is 34.9 Å². The van der Waals surface area contributed by atoms with Gasteiger partial charge in [0.05, 0.1) is 6.04 Å². The minimum Gasteiger partial charge on any atom is -0.346 e. The van der Waals surface area contributed by atoms with Crippen molar-refractivity contribution in [1.29, 1.82) is 0 Å². The third kappa shape index (κ3) is 6.44. The lowest BCUT2D eigenvalue weighted by Gasteiger charge is -2.09. The molecule has 0 radical (unpaired) electrons. The second-order valence-corrected chi connectivity index (χ2v) is 5.60. The van der Waals surface area contributed by atoms with Gasteiger partial charge in [-0.05, 0) is 25.0 Å². The minimum absolute atomic E-state index is 0.186. The molecule has 1 rings (SSSR count). The number of hydrogen-bond donors (Lipinski definition) is 2. The Morgan fingerprint density at radius 1 is 1.43 bits per heavy atom. The summed E-state index contributed by atoms with van der Waals surface area (Å²) in [5.41, 5.74) is 1.62. The van der Waals surface area contributed by atoms with Gasteiger partial charge in [-0.1, -0.05) is 31.2 Å². The van der Waals surface area contributed by atoms with Crippen molar-refractivity contribution < 1.29 is 14.4 Å². The molecular weight excluding hydrogens is 288 g/mol. The van der Waals surface area contributed by atoms with Crippen molar-refractivity contribution in [3.8, 4) is 0 Å². The van der Waals surface area contributed by atoms with Gasteiger partial charge in [0.15, 0.2) is 0 Å². The van der Waals surface area contributed by atoms with E-state index in [1.54, 1.807) is 18.4 Å². The maximum atomic E-state index is 11.9. The Bertz CT molecular complexity index is 521. The van der Waals surface area contributed by atoms with Crippen molar-refractivity contribution in [2.45, 2.75) is 39.7 Å². The lowest BCUT2D eigenvalue weighted by molar-refractivity contribution is -0.122. The van der Waals surface area contributed by atoms with Gasteiger partial charge in [0.25, 0.3) is 0 Å². The summed E-state index contributed by atoms with van der Waals surface area (Å²) in [4.78, 5) is 34.3. The van der Waals surface area contributed by atoms with Gasteiger partial charge >= 0.3 is 0 Å². The molecule has 0 aromatic rings. The van der Waals surface area contributed by atoms with Crippen LogP contribution in [0.2, 0.25) is 0 Å². The Kier molecular flexibility index (Phi) is 6.94. The van der Waals surface area contributed by atoms with E-state index in [0.717, 1.165) is 30.2 Å². The molecule has 2 amide bonds. The standard InChI is InChI=1S/C15H20N2O3S/c1-4-5-12-6-7-14(19)17-13(8-12)9-21-15(20)10(2)16-11(3)18/h6-10H,4-5H2,1-3H3,(H,16,18)(H,17,19)/b13-9-/t10-/m1/s1. The van der Waals surface area contributed by atoms with E-state index < -0.39 is 6.04 Å². The lowest BCUT2D eigenvalue weighted by atomic mass is 10.1. The van der Waals surface area contributed by atoms with Crippen molar-refractivity contribution in [2.24, 2.45) is 0 Å². The first kappa shape index (κ1) is 17.2. The molecule has 1 heterocycles. The fraction of sp³-hybridized carbons (Fsp3) is 0.400. The maximum absolute atomic E-state index is 11.9. The van der Waals surface area contributed by atoms with Gasteiger partial charge < -0.3 is 10.6 Å². The second-order valence-electron chi connectivity index (χ2n) is 4.72. The van der Waals surface area contributed by atoms with Crippen molar-refractivity contribution in [3.63, 3.8) is 0 Å². The van der Waals surface area contributed by atoms with Gasteiger partial charge in [0, 0.05) is 24.1 Å². The number of amides is 2. The summed E-state index contributed by atoms with van der Waals surface area (Å²) in [5.74, 6) is -0.465. The van der Waals surface area contributed by atoms with E-state index >= 15 is 0 Å². The molecule has 0 unspecified atom stereocenters. The average molecular weight is 308 g/mol. The SMILES string of the molecule is CCCC1=C/C(=C/SC(=O)[C@@H](C)NC(C)=O)NC(=O)C=C1. The Morgan fingerprint density at radius 2 is 2.14 bits per heavy atom. The third-order valence-corrected chi connectivity index (χ3v) is 3.63. The summed E-state index contributed by atoms with van der Waals surface area (Å²) < 4.78 is 0. The number of hydrogen-bond acceptors (Lipinski definition) is 4. The fourth-order valence-electron chi connectivity index (χ4n) is 1.75. The predicted octanol–water partition coefficient (Wildman–Crippen LogP) is 2.02. The largest absolute Gasteiger partial charge is 0.346 e. The molecule has 0 aromatic carbocycles. The van der Waals surface area contributed by atoms with Crippen LogP contribution in [-0.4, -0.2) is 23.0 Å². The molecule has 1 atom stereocenters. The molecule has 0 aliphatic carbocycles. The predicted molar refractivity (Wildman–Crippen MR) is 84.2 cm³/mol. The molecule has 6 heteroatoms. The second kappa shape index (κ2) is 8.46. The summed E-state index contributed by atoms with van der Waals surface area (Å²) >= 11 is 0.962. The number of nitrogens with one attached hydrogen (secondary N) is 2. The molecule has 1 aliphatic heterocycles. The van der Waals surface area contributed by atoms with Crippen LogP contribution in [-0.2, 0) is 14.4 Å². The van der Waals surface area contributed by atoms with Crippen molar-refractivity contribution in [1.82, 2.24) is 10.6 Å². The smallest absolute Gasteiger partial charge is 0.248 e. The quantitative estimate of drug-likeness (QED) is 0.815. The fourth-order valence-corrected chi connectivity index (χ4v) is 2.38. The summed E-state index contributed by atoms with van der Waals surface area (Å²) in [5, 5.41) is 6.64. The Balaban J connectivity index is 2.73. The first-order valence-corrected chi connectivity index (χ1v) is 7.67. The summed E-state index contributed by atoms with van der Waals surface area (Å²) in [7, 11) is 0. The van der Waals surface area contributed by atoms with Gasteiger partial charge in [-0.25, -0.2) is 0 Å². The van der Waals surface area contributed by atoms with Gasteiger partial charge in [0.1, 0.15) is 0 Å². The van der Waals surface area contributed by atoms with Crippen LogP contribution in [0.25, 0.3) is 0 Å². The zero-order valence-corrected chi connectivity index (χ0v) is 13.3. The van der Waals surface area contributed by atoms with Crippen LogP contribution in [0, 0.1) is 0 Å². The van der Waals surface area contributed by atoms with Crippen LogP contribution in [0.4, 0.5) is 0 Å². The van der Waals surface area contributed by atoms with Crippen molar-refractivity contribution >= 4 is 28.7 Å². The van der Waals surface area contributed by atoms with E-state index in [2.05, 4.69) is 17.6 Å². The molecule has 0 spiro atoms. The summed E-state index contributed by atoms with van der Waals surface area (Å²) in [6.45, 7) is 5.05. The van der Waals surface area contributed by atoms with E-state index in [-0.39, 0.29) is 16.9 Å². The molecule has 1 aliphatic rings. The highest BCUT2D eigenvalue weighted by Crippen LogP contribution is 2.16. The number of carbonyl (C=O) groups is 3. The highest BCUT2D eigenvalue weighted by atomic mass is 32.2. The first-order chi connectivity index (χ1) is 9.92. The Labute approximate surface area is 128 Å². The molecule has 0 bridgehead atoms. The number of allylic oxidation sites excluding steroid dienone is 3. The van der Waals surface area contributed by atoms with Crippen molar-refractivity contribution in [3.05, 3.63) is 34.9 Å². The van der Waals surface area contributed by atoms with Crippen molar-refractivity contribution in [2.75, 3.05) is 0 Å². The number of rotatable bonds is 5. The average Bonchev–Trinajstić information content (AvgIpc) is 2.57. The van der Waals surface area contributed by atoms with Crippen LogP contribution >= 0.6 is 11.8 Å². The van der Waals surface area contributed by atoms with Crippen LogP contribution in [0.3, 0.4) is 0 Å². The highest BCUT2D eigenvalue weighted by Gasteiger charge is 2.14. The molecule has 0 fully saturated rings. The van der Waals surface area contributed by atoms with E-state index in [4.69, 9.17) is 0 Å². The zero-order valence-electron chi connectivity index (χ0n) is 12.4. The van der Waals surface area contributed by atoms with Gasteiger partial charge in [0.2, 0.25) is 16.9 Å². The lowest BCUT2D eigenvalue weighted by Crippen LogP contribution is -2.35. The molecule has 0 saturated carbocycles. The number of thioether (sulfide) groups is 1. The molecule has 21 heavy (non-hydrogen) atoms. The van der Waals surface area contributed by atoms with Gasteiger partial charge in [-0.3, -0.25) is 14.4 Å². The third-order valence-electron chi connectivity index (χ3n) is 2.67.